The summed E-state index contributed by atoms with van der Waals surface area (Å²) in [7, 11) is 0. The first-order valence-corrected chi connectivity index (χ1v) is 8.35. The Hall–Kier alpha value is -2.01. The summed E-state index contributed by atoms with van der Waals surface area (Å²) in [4.78, 5) is 29.1. The Morgan fingerprint density at radius 3 is 2.50 bits per heavy atom. The van der Waals surface area contributed by atoms with Crippen LogP contribution in [0.5, 0.6) is 0 Å². The molecular formula is C17H18N2O2S. The number of benzene rings is 1. The number of carbonyl (C=O) groups excluding carboxylic acids is 2. The fourth-order valence-electron chi connectivity index (χ4n) is 2.80. The molecule has 4 nitrogen and oxygen atoms in total. The van der Waals surface area contributed by atoms with Gasteiger partial charge in [0.2, 0.25) is 5.91 Å². The van der Waals surface area contributed by atoms with Crippen LogP contribution in [0.2, 0.25) is 0 Å². The maximum absolute atomic E-state index is 12.2. The summed E-state index contributed by atoms with van der Waals surface area (Å²) < 4.78 is 0. The number of Topliss-reactive ketones (excluding diaryl/α,β-unsaturated/α-hetero) is 1. The molecule has 1 aliphatic carbocycles. The molecule has 5 heteroatoms. The van der Waals surface area contributed by atoms with Crippen molar-refractivity contribution in [2.24, 2.45) is 5.92 Å². The largest absolute Gasteiger partial charge is 0.302 e. The molecule has 0 radical (unpaired) electrons. The van der Waals surface area contributed by atoms with Crippen molar-refractivity contribution in [1.82, 2.24) is 4.98 Å². The molecule has 0 saturated heterocycles. The lowest BCUT2D eigenvalue weighted by atomic mass is 10.1. The minimum atomic E-state index is -0.0299. The molecule has 0 aliphatic heterocycles. The molecule has 1 fully saturated rings. The number of hydrogen-bond acceptors (Lipinski definition) is 4. The van der Waals surface area contributed by atoms with Crippen LogP contribution in [0, 0.1) is 5.92 Å². The van der Waals surface area contributed by atoms with E-state index in [1.54, 1.807) is 0 Å². The van der Waals surface area contributed by atoms with Gasteiger partial charge in [0.15, 0.2) is 10.9 Å². The van der Waals surface area contributed by atoms with Gasteiger partial charge in [0.1, 0.15) is 0 Å². The van der Waals surface area contributed by atoms with Gasteiger partial charge in [-0.1, -0.05) is 54.5 Å². The van der Waals surface area contributed by atoms with E-state index in [1.807, 2.05) is 30.3 Å². The van der Waals surface area contributed by atoms with E-state index in [2.05, 4.69) is 10.3 Å². The molecule has 0 spiro atoms. The second-order valence-electron chi connectivity index (χ2n) is 5.59. The molecule has 22 heavy (non-hydrogen) atoms. The number of amides is 1. The molecule has 3 rings (SSSR count). The van der Waals surface area contributed by atoms with Crippen molar-refractivity contribution >= 4 is 28.2 Å². The zero-order valence-corrected chi connectivity index (χ0v) is 13.3. The van der Waals surface area contributed by atoms with Crippen molar-refractivity contribution in [3.05, 3.63) is 35.2 Å². The van der Waals surface area contributed by atoms with Crippen LogP contribution in [-0.4, -0.2) is 16.7 Å². The van der Waals surface area contributed by atoms with Gasteiger partial charge < -0.3 is 5.32 Å². The van der Waals surface area contributed by atoms with E-state index < -0.39 is 0 Å². The summed E-state index contributed by atoms with van der Waals surface area (Å²) >= 11 is 1.26. The number of nitrogens with one attached hydrogen (secondary N) is 1. The normalized spacial score (nSPS) is 15.0. The highest BCUT2D eigenvalue weighted by atomic mass is 32.1. The van der Waals surface area contributed by atoms with E-state index in [1.165, 1.54) is 18.3 Å². The zero-order valence-electron chi connectivity index (χ0n) is 12.5. The predicted molar refractivity (Wildman–Crippen MR) is 88.1 cm³/mol. The Bertz CT molecular complexity index is 688. The number of hydrogen-bond donors (Lipinski definition) is 1. The van der Waals surface area contributed by atoms with Gasteiger partial charge in [-0.05, 0) is 12.8 Å². The van der Waals surface area contributed by atoms with Gasteiger partial charge in [-0.25, -0.2) is 4.98 Å². The second-order valence-corrected chi connectivity index (χ2v) is 6.59. The first-order valence-electron chi connectivity index (χ1n) is 7.53. The van der Waals surface area contributed by atoms with Gasteiger partial charge in [0.05, 0.1) is 10.6 Å². The Morgan fingerprint density at radius 1 is 1.18 bits per heavy atom. The number of carbonyl (C=O) groups is 2. The topological polar surface area (TPSA) is 59.1 Å². The molecule has 0 unspecified atom stereocenters. The number of nitrogens with zero attached hydrogens (tertiary/aromatic N) is 1. The summed E-state index contributed by atoms with van der Waals surface area (Å²) in [5.41, 5.74) is 1.55. The molecule has 1 aromatic carbocycles. The van der Waals surface area contributed by atoms with Gasteiger partial charge >= 0.3 is 0 Å². The van der Waals surface area contributed by atoms with Gasteiger partial charge in [-0.15, -0.1) is 0 Å². The van der Waals surface area contributed by atoms with E-state index in [0.717, 1.165) is 31.2 Å². The Labute approximate surface area is 133 Å². The van der Waals surface area contributed by atoms with Crippen molar-refractivity contribution in [3.63, 3.8) is 0 Å². The van der Waals surface area contributed by atoms with Crippen molar-refractivity contribution in [1.29, 1.82) is 0 Å². The third-order valence-electron chi connectivity index (χ3n) is 3.95. The molecule has 0 atom stereocenters. The van der Waals surface area contributed by atoms with E-state index in [4.69, 9.17) is 0 Å². The van der Waals surface area contributed by atoms with Gasteiger partial charge in [-0.2, -0.15) is 0 Å². The lowest BCUT2D eigenvalue weighted by Crippen LogP contribution is -2.20. The van der Waals surface area contributed by atoms with Crippen LogP contribution in [0.25, 0.3) is 11.3 Å². The summed E-state index contributed by atoms with van der Waals surface area (Å²) in [5, 5.41) is 3.40. The number of thiazole rings is 1. The van der Waals surface area contributed by atoms with Crippen LogP contribution < -0.4 is 5.32 Å². The fraction of sp³-hybridized carbons (Fsp3) is 0.353. The predicted octanol–water partition coefficient (Wildman–Crippen LogP) is 4.14. The molecule has 1 saturated carbocycles. The van der Waals surface area contributed by atoms with E-state index in [9.17, 15) is 9.59 Å². The van der Waals surface area contributed by atoms with Crippen molar-refractivity contribution in [3.8, 4) is 11.3 Å². The van der Waals surface area contributed by atoms with Crippen LogP contribution in [0.3, 0.4) is 0 Å². The quantitative estimate of drug-likeness (QED) is 0.863. The van der Waals surface area contributed by atoms with Crippen LogP contribution in [0.15, 0.2) is 30.3 Å². The van der Waals surface area contributed by atoms with Crippen LogP contribution in [0.1, 0.15) is 42.3 Å². The molecule has 2 aromatic rings. The SMILES string of the molecule is CC(=O)c1sc(NC(=O)C2CCCC2)nc1-c1ccccc1. The summed E-state index contributed by atoms with van der Waals surface area (Å²) in [6.45, 7) is 1.53. The first kappa shape index (κ1) is 14.9. The average molecular weight is 314 g/mol. The maximum Gasteiger partial charge on any atom is 0.229 e. The summed E-state index contributed by atoms with van der Waals surface area (Å²) in [6.07, 6.45) is 4.12. The number of anilines is 1. The maximum atomic E-state index is 12.2. The standard InChI is InChI=1S/C17H18N2O2S/c1-11(20)15-14(12-7-3-2-4-8-12)18-17(22-15)19-16(21)13-9-5-6-10-13/h2-4,7-8,13H,5-6,9-10H2,1H3,(H,18,19,21). The van der Waals surface area contributed by atoms with Crippen LogP contribution in [-0.2, 0) is 4.79 Å². The molecule has 0 bridgehead atoms. The Morgan fingerprint density at radius 2 is 1.86 bits per heavy atom. The first-order chi connectivity index (χ1) is 10.6. The molecule has 114 valence electrons. The Kier molecular flexibility index (Phi) is 4.34. The lowest BCUT2D eigenvalue weighted by Gasteiger charge is -2.07. The summed E-state index contributed by atoms with van der Waals surface area (Å²) in [6, 6.07) is 9.59. The number of aromatic nitrogens is 1. The molecule has 1 amide bonds. The highest BCUT2D eigenvalue weighted by molar-refractivity contribution is 7.18. The number of ketones is 1. The summed E-state index contributed by atoms with van der Waals surface area (Å²) in [5.74, 6) is 0.0866. The molecular weight excluding hydrogens is 296 g/mol. The number of rotatable bonds is 4. The average Bonchev–Trinajstić information content (AvgIpc) is 3.17. The third-order valence-corrected chi connectivity index (χ3v) is 5.02. The molecule has 1 heterocycles. The minimum absolute atomic E-state index is 0.0287. The third kappa shape index (κ3) is 3.09. The van der Waals surface area contributed by atoms with Crippen LogP contribution >= 0.6 is 11.3 Å². The van der Waals surface area contributed by atoms with Crippen molar-refractivity contribution in [2.75, 3.05) is 5.32 Å². The van der Waals surface area contributed by atoms with Gasteiger partial charge in [0, 0.05) is 18.4 Å². The fourth-order valence-corrected chi connectivity index (χ4v) is 3.69. The van der Waals surface area contributed by atoms with E-state index in [-0.39, 0.29) is 17.6 Å². The van der Waals surface area contributed by atoms with E-state index >= 15 is 0 Å². The highest BCUT2D eigenvalue weighted by Gasteiger charge is 2.24. The molecule has 1 aliphatic rings. The highest BCUT2D eigenvalue weighted by Crippen LogP contribution is 2.32. The zero-order chi connectivity index (χ0) is 15.5. The van der Waals surface area contributed by atoms with Crippen molar-refractivity contribution < 1.29 is 9.59 Å². The monoisotopic (exact) mass is 314 g/mol. The lowest BCUT2D eigenvalue weighted by molar-refractivity contribution is -0.119. The van der Waals surface area contributed by atoms with Gasteiger partial charge in [-0.3, -0.25) is 9.59 Å². The minimum Gasteiger partial charge on any atom is -0.302 e. The molecule has 1 N–H and O–H groups in total. The van der Waals surface area contributed by atoms with Crippen LogP contribution in [0.4, 0.5) is 5.13 Å². The van der Waals surface area contributed by atoms with Crippen molar-refractivity contribution in [2.45, 2.75) is 32.6 Å². The Balaban J connectivity index is 1.87. The van der Waals surface area contributed by atoms with E-state index in [0.29, 0.717) is 15.7 Å². The van der Waals surface area contributed by atoms with Gasteiger partial charge in [0.25, 0.3) is 0 Å². The molecule has 1 aromatic heterocycles. The smallest absolute Gasteiger partial charge is 0.229 e. The second kappa shape index (κ2) is 6.40.